The molecule has 0 saturated heterocycles. The molecule has 1 amide bonds. The number of amides is 1. The summed E-state index contributed by atoms with van der Waals surface area (Å²) in [5.74, 6) is 0.751. The highest BCUT2D eigenvalue weighted by Crippen LogP contribution is 2.30. The van der Waals surface area contributed by atoms with Gasteiger partial charge >= 0.3 is 0 Å². The molecular weight excluding hydrogens is 328 g/mol. The van der Waals surface area contributed by atoms with Gasteiger partial charge in [-0.2, -0.15) is 5.26 Å². The van der Waals surface area contributed by atoms with Crippen LogP contribution in [0.3, 0.4) is 0 Å². The number of benzene rings is 2. The van der Waals surface area contributed by atoms with Crippen molar-refractivity contribution in [2.45, 2.75) is 26.9 Å². The molecule has 2 aromatic rings. The van der Waals surface area contributed by atoms with Crippen LogP contribution in [0.1, 0.15) is 26.3 Å². The summed E-state index contributed by atoms with van der Waals surface area (Å²) in [6.07, 6.45) is 1.54. The number of hydrogen-bond donors (Lipinski definition) is 1. The van der Waals surface area contributed by atoms with Crippen LogP contribution in [0.15, 0.2) is 54.1 Å². The molecule has 0 aliphatic carbocycles. The van der Waals surface area contributed by atoms with Gasteiger partial charge in [0.1, 0.15) is 11.6 Å². The first-order valence-corrected chi connectivity index (χ1v) is 8.45. The van der Waals surface area contributed by atoms with Crippen molar-refractivity contribution >= 4 is 17.7 Å². The number of nitrogens with zero attached hydrogens (tertiary/aromatic N) is 1. The molecule has 0 unspecified atom stereocenters. The lowest BCUT2D eigenvalue weighted by Gasteiger charge is -2.15. The molecule has 0 radical (unpaired) electrons. The zero-order chi connectivity index (χ0) is 18.9. The molecule has 0 aliphatic rings. The molecule has 0 fully saturated rings. The second-order valence-electron chi connectivity index (χ2n) is 5.80. The van der Waals surface area contributed by atoms with Crippen LogP contribution in [-0.2, 0) is 4.79 Å². The van der Waals surface area contributed by atoms with E-state index in [-0.39, 0.29) is 11.7 Å². The van der Waals surface area contributed by atoms with Crippen LogP contribution in [0.25, 0.3) is 6.08 Å². The molecule has 1 N–H and O–H groups in total. The fraction of sp³-hybridized carbons (Fsp3) is 0.238. The molecule has 5 heteroatoms. The topological polar surface area (TPSA) is 71.3 Å². The molecule has 0 heterocycles. The van der Waals surface area contributed by atoms with E-state index in [4.69, 9.17) is 9.47 Å². The van der Waals surface area contributed by atoms with Gasteiger partial charge in [-0.25, -0.2) is 0 Å². The fourth-order valence-electron chi connectivity index (χ4n) is 2.27. The van der Waals surface area contributed by atoms with Crippen LogP contribution in [-0.4, -0.2) is 18.6 Å². The number of anilines is 1. The van der Waals surface area contributed by atoms with Crippen molar-refractivity contribution in [2.24, 2.45) is 0 Å². The number of nitriles is 1. The van der Waals surface area contributed by atoms with Crippen LogP contribution < -0.4 is 14.8 Å². The Morgan fingerprint density at radius 2 is 1.92 bits per heavy atom. The van der Waals surface area contributed by atoms with Gasteiger partial charge in [-0.3, -0.25) is 4.79 Å². The van der Waals surface area contributed by atoms with Crippen molar-refractivity contribution in [3.63, 3.8) is 0 Å². The highest BCUT2D eigenvalue weighted by molar-refractivity contribution is 6.09. The Kier molecular flexibility index (Phi) is 6.81. The molecule has 0 spiro atoms. The maximum atomic E-state index is 12.3. The average molecular weight is 350 g/mol. The quantitative estimate of drug-likeness (QED) is 0.593. The number of nitrogens with one attached hydrogen (secondary N) is 1. The van der Waals surface area contributed by atoms with E-state index in [1.54, 1.807) is 30.3 Å². The fourth-order valence-corrected chi connectivity index (χ4v) is 2.27. The molecule has 2 rings (SSSR count). The number of hydrogen-bond acceptors (Lipinski definition) is 4. The summed E-state index contributed by atoms with van der Waals surface area (Å²) in [7, 11) is 0. The van der Waals surface area contributed by atoms with Gasteiger partial charge in [0.25, 0.3) is 5.91 Å². The van der Waals surface area contributed by atoms with Crippen LogP contribution >= 0.6 is 0 Å². The first-order chi connectivity index (χ1) is 12.5. The van der Waals surface area contributed by atoms with Gasteiger partial charge in [0.15, 0.2) is 11.5 Å². The molecule has 26 heavy (non-hydrogen) atoms. The first kappa shape index (κ1) is 19.1. The van der Waals surface area contributed by atoms with Crippen molar-refractivity contribution in [3.8, 4) is 17.6 Å². The Morgan fingerprint density at radius 1 is 1.19 bits per heavy atom. The second-order valence-corrected chi connectivity index (χ2v) is 5.80. The Hall–Kier alpha value is -3.26. The molecule has 0 aromatic heterocycles. The van der Waals surface area contributed by atoms with Crippen LogP contribution in [0.5, 0.6) is 11.5 Å². The molecule has 0 aliphatic heterocycles. The molecule has 134 valence electrons. The summed E-state index contributed by atoms with van der Waals surface area (Å²) < 4.78 is 11.3. The third-order valence-electron chi connectivity index (χ3n) is 3.34. The number of para-hydroxylation sites is 1. The van der Waals surface area contributed by atoms with Gasteiger partial charge in [0, 0.05) is 5.69 Å². The van der Waals surface area contributed by atoms with Gasteiger partial charge < -0.3 is 14.8 Å². The number of carbonyl (C=O) groups excluding carboxylic acids is 1. The van der Waals surface area contributed by atoms with Crippen LogP contribution in [0, 0.1) is 11.3 Å². The van der Waals surface area contributed by atoms with E-state index in [1.807, 2.05) is 45.0 Å². The number of rotatable bonds is 7. The number of carbonyl (C=O) groups is 1. The predicted octanol–water partition coefficient (Wildman–Crippen LogP) is 4.42. The zero-order valence-electron chi connectivity index (χ0n) is 15.2. The highest BCUT2D eigenvalue weighted by atomic mass is 16.5. The van der Waals surface area contributed by atoms with E-state index in [9.17, 15) is 10.1 Å². The van der Waals surface area contributed by atoms with Gasteiger partial charge in [-0.15, -0.1) is 0 Å². The monoisotopic (exact) mass is 350 g/mol. The molecule has 2 aromatic carbocycles. The van der Waals surface area contributed by atoms with Crippen molar-refractivity contribution in [1.82, 2.24) is 0 Å². The summed E-state index contributed by atoms with van der Waals surface area (Å²) in [5.41, 5.74) is 1.33. The average Bonchev–Trinajstić information content (AvgIpc) is 2.62. The lowest BCUT2D eigenvalue weighted by molar-refractivity contribution is -0.112. The molecular formula is C21H22N2O3. The lowest BCUT2D eigenvalue weighted by Crippen LogP contribution is -2.13. The summed E-state index contributed by atoms with van der Waals surface area (Å²) in [5, 5.41) is 12.1. The molecule has 0 saturated carbocycles. The smallest absolute Gasteiger partial charge is 0.266 e. The van der Waals surface area contributed by atoms with E-state index < -0.39 is 5.91 Å². The van der Waals surface area contributed by atoms with Crippen LogP contribution in [0.4, 0.5) is 5.69 Å². The number of ether oxygens (including phenoxy) is 2. The van der Waals surface area contributed by atoms with E-state index in [2.05, 4.69) is 5.32 Å². The maximum Gasteiger partial charge on any atom is 0.266 e. The standard InChI is InChI=1S/C21H22N2O3/c1-4-25-20-13-16(10-11-19(20)26-15(2)3)12-17(14-22)21(24)23-18-8-6-5-7-9-18/h5-13,15H,4H2,1-3H3,(H,23,24)/b17-12-. The summed E-state index contributed by atoms with van der Waals surface area (Å²) in [6, 6.07) is 16.3. The molecule has 5 nitrogen and oxygen atoms in total. The predicted molar refractivity (Wildman–Crippen MR) is 102 cm³/mol. The van der Waals surface area contributed by atoms with E-state index >= 15 is 0 Å². The summed E-state index contributed by atoms with van der Waals surface area (Å²) >= 11 is 0. The Labute approximate surface area is 153 Å². The van der Waals surface area contributed by atoms with Gasteiger partial charge in [-0.05, 0) is 56.7 Å². The summed E-state index contributed by atoms with van der Waals surface area (Å²) in [6.45, 7) is 6.24. The van der Waals surface area contributed by atoms with Gasteiger partial charge in [0.2, 0.25) is 0 Å². The second kappa shape index (κ2) is 9.28. The van der Waals surface area contributed by atoms with E-state index in [0.29, 0.717) is 29.4 Å². The third-order valence-corrected chi connectivity index (χ3v) is 3.34. The van der Waals surface area contributed by atoms with Crippen molar-refractivity contribution in [3.05, 3.63) is 59.7 Å². The Balaban J connectivity index is 2.26. The third kappa shape index (κ3) is 5.38. The maximum absolute atomic E-state index is 12.3. The first-order valence-electron chi connectivity index (χ1n) is 8.45. The SMILES string of the molecule is CCOc1cc(/C=C(/C#N)C(=O)Nc2ccccc2)ccc1OC(C)C. The van der Waals surface area contributed by atoms with Crippen LogP contribution in [0.2, 0.25) is 0 Å². The van der Waals surface area contributed by atoms with Crippen molar-refractivity contribution in [1.29, 1.82) is 5.26 Å². The lowest BCUT2D eigenvalue weighted by atomic mass is 10.1. The highest BCUT2D eigenvalue weighted by Gasteiger charge is 2.12. The summed E-state index contributed by atoms with van der Waals surface area (Å²) in [4.78, 5) is 12.3. The normalized spacial score (nSPS) is 11.0. The van der Waals surface area contributed by atoms with Crippen molar-refractivity contribution in [2.75, 3.05) is 11.9 Å². The molecule has 0 atom stereocenters. The minimum Gasteiger partial charge on any atom is -0.490 e. The minimum absolute atomic E-state index is 0.00818. The van der Waals surface area contributed by atoms with Gasteiger partial charge in [-0.1, -0.05) is 24.3 Å². The van der Waals surface area contributed by atoms with E-state index in [1.165, 1.54) is 6.08 Å². The van der Waals surface area contributed by atoms with Crippen molar-refractivity contribution < 1.29 is 14.3 Å². The Morgan fingerprint density at radius 3 is 2.54 bits per heavy atom. The zero-order valence-corrected chi connectivity index (χ0v) is 15.2. The largest absolute Gasteiger partial charge is 0.490 e. The van der Waals surface area contributed by atoms with Gasteiger partial charge in [0.05, 0.1) is 12.7 Å². The minimum atomic E-state index is -0.459. The Bertz CT molecular complexity index is 821. The van der Waals surface area contributed by atoms with E-state index in [0.717, 1.165) is 0 Å². The molecule has 0 bridgehead atoms.